The lowest BCUT2D eigenvalue weighted by Crippen LogP contribution is -2.21. The van der Waals surface area contributed by atoms with Crippen molar-refractivity contribution in [2.45, 2.75) is 29.6 Å². The fourth-order valence-corrected chi connectivity index (χ4v) is 6.74. The molecule has 0 amide bonds. The third-order valence-corrected chi connectivity index (χ3v) is 10.1. The maximum Gasteiger partial charge on any atom is 0.294 e. The standard InChI is InChI=1S/C36H32N2O7S2/c1-23(2)30-7-5-6-8-31(30)36-32-19-13-26(37(3)24-9-15-28(16-10-24)46(39,40)41)21-34(32)45-35-22-27(14-20-33(35)36)38(4)25-11-17-29(18-12-25)47(42,43)44/h5-23H,1-4H3,(H-,39,40,41,42,43,44)/p+1. The quantitative estimate of drug-likeness (QED) is 0.103. The summed E-state index contributed by atoms with van der Waals surface area (Å²) in [4.78, 5) is 1.53. The van der Waals surface area contributed by atoms with Gasteiger partial charge >= 0.3 is 0 Å². The van der Waals surface area contributed by atoms with E-state index in [1.165, 1.54) is 29.8 Å². The number of hydrogen-bond acceptors (Lipinski definition) is 6. The van der Waals surface area contributed by atoms with E-state index in [1.54, 1.807) is 24.3 Å². The number of rotatable bonds is 7. The molecule has 0 saturated carbocycles. The lowest BCUT2D eigenvalue weighted by atomic mass is 9.87. The Morgan fingerprint density at radius 3 is 1.91 bits per heavy atom. The second kappa shape index (κ2) is 12.1. The first-order valence-electron chi connectivity index (χ1n) is 14.8. The first-order valence-corrected chi connectivity index (χ1v) is 17.7. The lowest BCUT2D eigenvalue weighted by Gasteiger charge is -2.22. The fourth-order valence-electron chi connectivity index (χ4n) is 5.78. The average Bonchev–Trinajstić information content (AvgIpc) is 3.05. The Morgan fingerprint density at radius 1 is 0.702 bits per heavy atom. The van der Waals surface area contributed by atoms with E-state index in [4.69, 9.17) is 4.42 Å². The van der Waals surface area contributed by atoms with Crippen molar-refractivity contribution in [1.29, 1.82) is 0 Å². The highest BCUT2D eigenvalue weighted by atomic mass is 32.2. The van der Waals surface area contributed by atoms with Crippen LogP contribution in [0.15, 0.2) is 123 Å². The summed E-state index contributed by atoms with van der Waals surface area (Å²) in [5.74, 6) is 0.906. The highest BCUT2D eigenvalue weighted by molar-refractivity contribution is 7.86. The van der Waals surface area contributed by atoms with E-state index >= 15 is 0 Å². The molecular formula is C36H33N2O7S2+. The molecule has 0 saturated heterocycles. The molecule has 0 spiro atoms. The molecule has 1 heterocycles. The molecule has 4 aromatic rings. The summed E-state index contributed by atoms with van der Waals surface area (Å²) in [5, 5.41) is 1.72. The van der Waals surface area contributed by atoms with Crippen molar-refractivity contribution in [2.24, 2.45) is 0 Å². The Labute approximate surface area is 273 Å². The molecule has 240 valence electrons. The predicted molar refractivity (Wildman–Crippen MR) is 184 cm³/mol. The van der Waals surface area contributed by atoms with E-state index in [2.05, 4.69) is 26.0 Å². The van der Waals surface area contributed by atoms with Crippen LogP contribution in [0.2, 0.25) is 0 Å². The molecule has 1 aliphatic heterocycles. The Balaban J connectivity index is 1.56. The second-order valence-electron chi connectivity index (χ2n) is 11.6. The van der Waals surface area contributed by atoms with Gasteiger partial charge in [-0.1, -0.05) is 38.1 Å². The van der Waals surface area contributed by atoms with Gasteiger partial charge in [0.15, 0.2) is 0 Å². The smallest absolute Gasteiger partial charge is 0.294 e. The van der Waals surface area contributed by atoms with Crippen molar-refractivity contribution in [3.8, 4) is 22.5 Å². The van der Waals surface area contributed by atoms with Crippen LogP contribution >= 0.6 is 0 Å². The van der Waals surface area contributed by atoms with Crippen molar-refractivity contribution in [3.63, 3.8) is 0 Å². The van der Waals surface area contributed by atoms with Crippen LogP contribution in [0, 0.1) is 0 Å². The molecule has 47 heavy (non-hydrogen) atoms. The van der Waals surface area contributed by atoms with E-state index in [9.17, 15) is 25.9 Å². The normalized spacial score (nSPS) is 12.9. The average molecular weight is 670 g/mol. The number of anilines is 2. The molecule has 2 N–H and O–H groups in total. The third kappa shape index (κ3) is 6.30. The van der Waals surface area contributed by atoms with Crippen LogP contribution in [0.5, 0.6) is 0 Å². The Kier molecular flexibility index (Phi) is 8.27. The molecule has 0 radical (unpaired) electrons. The van der Waals surface area contributed by atoms with Crippen molar-refractivity contribution >= 4 is 48.3 Å². The van der Waals surface area contributed by atoms with Gasteiger partial charge in [0.25, 0.3) is 20.2 Å². The fraction of sp³-hybridized carbons (Fsp3) is 0.139. The van der Waals surface area contributed by atoms with Crippen molar-refractivity contribution < 1.29 is 30.4 Å². The summed E-state index contributed by atoms with van der Waals surface area (Å²) in [5.41, 5.74) is 7.12. The number of fused-ring (bicyclic) bond motifs is 2. The van der Waals surface area contributed by atoms with E-state index in [-0.39, 0.29) is 15.7 Å². The molecule has 0 aromatic heterocycles. The summed E-state index contributed by atoms with van der Waals surface area (Å²) in [6.45, 7) is 4.33. The summed E-state index contributed by atoms with van der Waals surface area (Å²) >= 11 is 0. The van der Waals surface area contributed by atoms with Gasteiger partial charge in [0, 0.05) is 59.2 Å². The van der Waals surface area contributed by atoms with Crippen LogP contribution < -0.4 is 14.8 Å². The monoisotopic (exact) mass is 669 g/mol. The van der Waals surface area contributed by atoms with E-state index in [0.29, 0.717) is 22.7 Å². The summed E-state index contributed by atoms with van der Waals surface area (Å²) in [7, 11) is -4.89. The zero-order chi connectivity index (χ0) is 33.7. The van der Waals surface area contributed by atoms with Gasteiger partial charge < -0.3 is 9.32 Å². The molecule has 0 bridgehead atoms. The molecule has 9 nitrogen and oxygen atoms in total. The van der Waals surface area contributed by atoms with Crippen LogP contribution in [0.4, 0.5) is 17.1 Å². The topological polar surface area (TPSA) is 128 Å². The molecule has 6 rings (SSSR count). The van der Waals surface area contributed by atoms with Gasteiger partial charge in [-0.3, -0.25) is 9.11 Å². The van der Waals surface area contributed by atoms with Gasteiger partial charge in [0.05, 0.1) is 15.9 Å². The van der Waals surface area contributed by atoms with Crippen LogP contribution in [-0.4, -0.2) is 40.0 Å². The maximum atomic E-state index is 11.5. The minimum atomic E-state index is -4.31. The van der Waals surface area contributed by atoms with Crippen molar-refractivity contribution in [2.75, 3.05) is 19.0 Å². The molecule has 0 fully saturated rings. The predicted octanol–water partition coefficient (Wildman–Crippen LogP) is 7.32. The maximum absolute atomic E-state index is 11.5. The summed E-state index contributed by atoms with van der Waals surface area (Å²) < 4.78 is 73.5. The first-order chi connectivity index (χ1) is 22.2. The van der Waals surface area contributed by atoms with Crippen molar-refractivity contribution in [1.82, 2.24) is 4.58 Å². The summed E-state index contributed by atoms with van der Waals surface area (Å²) in [6, 6.07) is 32.2. The van der Waals surface area contributed by atoms with Crippen LogP contribution in [0.25, 0.3) is 33.4 Å². The van der Waals surface area contributed by atoms with Crippen molar-refractivity contribution in [3.05, 3.63) is 120 Å². The Bertz CT molecular complexity index is 2400. The molecule has 11 heteroatoms. The largest absolute Gasteiger partial charge is 0.456 e. The van der Waals surface area contributed by atoms with Gasteiger partial charge in [-0.25, -0.2) is 0 Å². The molecule has 4 aromatic carbocycles. The lowest BCUT2D eigenvalue weighted by molar-refractivity contribution is 0.481. The van der Waals surface area contributed by atoms with Gasteiger partial charge in [-0.05, 0) is 71.6 Å². The van der Waals surface area contributed by atoms with Gasteiger partial charge in [-0.15, -0.1) is 0 Å². The zero-order valence-electron chi connectivity index (χ0n) is 26.1. The molecular weight excluding hydrogens is 637 g/mol. The first kappa shape index (κ1) is 32.1. The van der Waals surface area contributed by atoms with Crippen LogP contribution in [-0.2, 0) is 20.2 Å². The highest BCUT2D eigenvalue weighted by Crippen LogP contribution is 2.43. The van der Waals surface area contributed by atoms with E-state index in [0.717, 1.165) is 33.1 Å². The van der Waals surface area contributed by atoms with E-state index in [1.807, 2.05) is 72.1 Å². The second-order valence-corrected chi connectivity index (χ2v) is 14.5. The van der Waals surface area contributed by atoms with Gasteiger partial charge in [0.1, 0.15) is 18.4 Å². The Morgan fingerprint density at radius 2 is 1.30 bits per heavy atom. The molecule has 0 atom stereocenters. The minimum Gasteiger partial charge on any atom is -0.456 e. The van der Waals surface area contributed by atoms with E-state index < -0.39 is 20.2 Å². The number of hydrogen-bond donors (Lipinski definition) is 2. The summed E-state index contributed by atoms with van der Waals surface area (Å²) in [6.07, 6.45) is 0. The molecule has 0 unspecified atom stereocenters. The number of benzene rings is 5. The van der Waals surface area contributed by atoms with Gasteiger partial charge in [0.2, 0.25) is 11.0 Å². The SMILES string of the molecule is CC(C)c1ccccc1-c1c2ccc(=[N+](C)c3ccc(S(=O)(=O)O)cc3)cc-2oc2cc(N(C)c3ccc(S(=O)(=O)O)cc3)ccc12. The third-order valence-electron chi connectivity index (χ3n) is 8.36. The molecule has 2 aliphatic rings. The number of nitrogens with zero attached hydrogens (tertiary/aromatic N) is 2. The Hall–Kier alpha value is -4.81. The van der Waals surface area contributed by atoms with Crippen LogP contribution in [0.1, 0.15) is 25.3 Å². The minimum absolute atomic E-state index is 0.182. The van der Waals surface area contributed by atoms with Gasteiger partial charge in [-0.2, -0.15) is 21.4 Å². The van der Waals surface area contributed by atoms with Crippen LogP contribution in [0.3, 0.4) is 0 Å². The molecule has 1 aliphatic carbocycles. The zero-order valence-corrected chi connectivity index (χ0v) is 27.7. The highest BCUT2D eigenvalue weighted by Gasteiger charge is 2.22.